The third-order valence-corrected chi connectivity index (χ3v) is 5.40. The van der Waals surface area contributed by atoms with Gasteiger partial charge in [0.15, 0.2) is 5.17 Å². The van der Waals surface area contributed by atoms with E-state index in [2.05, 4.69) is 75.6 Å². The van der Waals surface area contributed by atoms with Gasteiger partial charge in [0.25, 0.3) is 0 Å². The molecule has 0 saturated heterocycles. The number of benzene rings is 2. The molecule has 29 heavy (non-hydrogen) atoms. The van der Waals surface area contributed by atoms with Gasteiger partial charge in [-0.1, -0.05) is 72.4 Å². The maximum Gasteiger partial charge on any atom is 0.153 e. The summed E-state index contributed by atoms with van der Waals surface area (Å²) in [5, 5.41) is 0.680. The molecule has 3 aromatic rings. The first-order valence-corrected chi connectivity index (χ1v) is 10.3. The van der Waals surface area contributed by atoms with Gasteiger partial charge in [-0.2, -0.15) is 0 Å². The first-order valence-electron chi connectivity index (χ1n) is 9.33. The first kappa shape index (κ1) is 25.5. The van der Waals surface area contributed by atoms with E-state index in [1.54, 1.807) is 18.1 Å². The zero-order valence-electron chi connectivity index (χ0n) is 16.2. The Labute approximate surface area is 198 Å². The summed E-state index contributed by atoms with van der Waals surface area (Å²) in [5.74, 6) is 1.31. The van der Waals surface area contributed by atoms with Crippen LogP contribution in [0.3, 0.4) is 0 Å². The average Bonchev–Trinajstić information content (AvgIpc) is 3.23. The van der Waals surface area contributed by atoms with E-state index < -0.39 is 0 Å². The van der Waals surface area contributed by atoms with Crippen LogP contribution < -0.4 is 5.73 Å². The van der Waals surface area contributed by atoms with Crippen LogP contribution in [0.25, 0.3) is 0 Å². The SMILES string of the molecule is Br.Br.NC(=NCCC(c1ccccc1)c1ccccc1)SCCCc1cnc[nH]1. The van der Waals surface area contributed by atoms with Crippen LogP contribution in [0.5, 0.6) is 0 Å². The Morgan fingerprint density at radius 3 is 2.17 bits per heavy atom. The van der Waals surface area contributed by atoms with Crippen LogP contribution in [0.1, 0.15) is 35.6 Å². The van der Waals surface area contributed by atoms with E-state index >= 15 is 0 Å². The van der Waals surface area contributed by atoms with Gasteiger partial charge < -0.3 is 10.7 Å². The number of aryl methyl sites for hydroxylation is 1. The standard InChI is InChI=1S/C22H26N4S.2BrH/c23-22(27-15-7-12-20-16-24-17-26-20)25-14-13-21(18-8-3-1-4-9-18)19-10-5-2-6-11-19;;/h1-6,8-11,16-17,21H,7,12-15H2,(H2,23,25)(H,24,26);2*1H. The number of imidazole rings is 1. The molecule has 2 aromatic carbocycles. The quantitative estimate of drug-likeness (QED) is 0.206. The van der Waals surface area contributed by atoms with Crippen molar-refractivity contribution in [3.05, 3.63) is 90.0 Å². The van der Waals surface area contributed by atoms with Crippen LogP contribution in [-0.4, -0.2) is 27.4 Å². The Kier molecular flexibility index (Phi) is 12.7. The van der Waals surface area contributed by atoms with Gasteiger partial charge in [-0.15, -0.1) is 34.0 Å². The monoisotopic (exact) mass is 538 g/mol. The lowest BCUT2D eigenvalue weighted by molar-refractivity contribution is 0.727. The molecule has 0 aliphatic carbocycles. The van der Waals surface area contributed by atoms with Crippen molar-refractivity contribution in [2.75, 3.05) is 12.3 Å². The van der Waals surface area contributed by atoms with E-state index in [1.165, 1.54) is 16.8 Å². The number of rotatable bonds is 9. The molecular weight excluding hydrogens is 512 g/mol. The van der Waals surface area contributed by atoms with Gasteiger partial charge in [0.05, 0.1) is 6.33 Å². The molecule has 0 unspecified atom stereocenters. The van der Waals surface area contributed by atoms with E-state index in [4.69, 9.17) is 5.73 Å². The van der Waals surface area contributed by atoms with Crippen molar-refractivity contribution in [1.29, 1.82) is 0 Å². The first-order chi connectivity index (χ1) is 13.3. The highest BCUT2D eigenvalue weighted by Crippen LogP contribution is 2.27. The molecule has 0 amide bonds. The van der Waals surface area contributed by atoms with Crippen LogP contribution in [0.2, 0.25) is 0 Å². The number of aromatic nitrogens is 2. The molecule has 3 N–H and O–H groups in total. The lowest BCUT2D eigenvalue weighted by Gasteiger charge is -2.17. The van der Waals surface area contributed by atoms with Crippen LogP contribution in [0, 0.1) is 0 Å². The van der Waals surface area contributed by atoms with Gasteiger partial charge >= 0.3 is 0 Å². The fourth-order valence-corrected chi connectivity index (χ4v) is 3.79. The number of thioether (sulfide) groups is 1. The Morgan fingerprint density at radius 1 is 1.00 bits per heavy atom. The average molecular weight is 540 g/mol. The van der Waals surface area contributed by atoms with Crippen molar-refractivity contribution in [2.45, 2.75) is 25.2 Å². The summed E-state index contributed by atoms with van der Waals surface area (Å²) in [4.78, 5) is 11.7. The van der Waals surface area contributed by atoms with Crippen molar-refractivity contribution in [1.82, 2.24) is 9.97 Å². The summed E-state index contributed by atoms with van der Waals surface area (Å²) in [5.41, 5.74) is 9.90. The van der Waals surface area contributed by atoms with Crippen LogP contribution >= 0.6 is 45.7 Å². The second kappa shape index (κ2) is 14.4. The fourth-order valence-electron chi connectivity index (χ4n) is 3.11. The van der Waals surface area contributed by atoms with Crippen molar-refractivity contribution in [3.8, 4) is 0 Å². The lowest BCUT2D eigenvalue weighted by atomic mass is 9.89. The minimum absolute atomic E-state index is 0. The molecule has 0 fully saturated rings. The second-order valence-corrected chi connectivity index (χ2v) is 7.53. The summed E-state index contributed by atoms with van der Waals surface area (Å²) >= 11 is 1.64. The molecule has 4 nitrogen and oxygen atoms in total. The summed E-state index contributed by atoms with van der Waals surface area (Å²) in [6.07, 6.45) is 6.58. The van der Waals surface area contributed by atoms with E-state index in [9.17, 15) is 0 Å². The Hall–Kier alpha value is -1.57. The number of halogens is 2. The molecule has 7 heteroatoms. The fraction of sp³-hybridized carbons (Fsp3) is 0.273. The predicted octanol–water partition coefficient (Wildman–Crippen LogP) is 5.77. The number of nitrogens with one attached hydrogen (secondary N) is 1. The smallest absolute Gasteiger partial charge is 0.153 e. The molecule has 0 aliphatic heterocycles. The third-order valence-electron chi connectivity index (χ3n) is 4.48. The Bertz CT molecular complexity index is 772. The molecule has 0 radical (unpaired) electrons. The Morgan fingerprint density at radius 2 is 1.62 bits per heavy atom. The van der Waals surface area contributed by atoms with Gasteiger partial charge in [-0.05, 0) is 30.4 Å². The molecule has 1 aromatic heterocycles. The molecule has 3 rings (SSSR count). The van der Waals surface area contributed by atoms with Gasteiger partial charge in [0, 0.05) is 30.1 Å². The number of aliphatic imine (C=N–C) groups is 1. The third kappa shape index (κ3) is 8.76. The largest absolute Gasteiger partial charge is 0.379 e. The summed E-state index contributed by atoms with van der Waals surface area (Å²) in [6, 6.07) is 21.3. The van der Waals surface area contributed by atoms with Crippen molar-refractivity contribution >= 4 is 50.9 Å². The number of H-pyrrole nitrogens is 1. The zero-order chi connectivity index (χ0) is 18.7. The van der Waals surface area contributed by atoms with E-state index in [1.807, 2.05) is 6.20 Å². The highest BCUT2D eigenvalue weighted by molar-refractivity contribution is 8.93. The minimum atomic E-state index is 0. The zero-order valence-corrected chi connectivity index (χ0v) is 20.5. The van der Waals surface area contributed by atoms with E-state index in [0.717, 1.165) is 31.6 Å². The number of aromatic amines is 1. The molecule has 1 heterocycles. The molecule has 0 spiro atoms. The van der Waals surface area contributed by atoms with Gasteiger partial charge in [0.2, 0.25) is 0 Å². The lowest BCUT2D eigenvalue weighted by Crippen LogP contribution is -2.10. The van der Waals surface area contributed by atoms with Crippen molar-refractivity contribution < 1.29 is 0 Å². The van der Waals surface area contributed by atoms with Crippen LogP contribution in [0.4, 0.5) is 0 Å². The second-order valence-electron chi connectivity index (χ2n) is 6.41. The number of hydrogen-bond acceptors (Lipinski definition) is 3. The highest BCUT2D eigenvalue weighted by atomic mass is 79.9. The van der Waals surface area contributed by atoms with Crippen LogP contribution in [0.15, 0.2) is 78.2 Å². The number of nitrogens with zero attached hydrogens (tertiary/aromatic N) is 2. The van der Waals surface area contributed by atoms with Gasteiger partial charge in [-0.3, -0.25) is 4.99 Å². The van der Waals surface area contributed by atoms with Crippen molar-refractivity contribution in [3.63, 3.8) is 0 Å². The molecule has 0 aliphatic rings. The summed E-state index contributed by atoms with van der Waals surface area (Å²) in [7, 11) is 0. The summed E-state index contributed by atoms with van der Waals surface area (Å²) < 4.78 is 0. The molecule has 0 saturated carbocycles. The van der Waals surface area contributed by atoms with Crippen LogP contribution in [-0.2, 0) is 6.42 Å². The maximum absolute atomic E-state index is 6.09. The maximum atomic E-state index is 6.09. The summed E-state index contributed by atoms with van der Waals surface area (Å²) in [6.45, 7) is 0.730. The predicted molar refractivity (Wildman–Crippen MR) is 136 cm³/mol. The highest BCUT2D eigenvalue weighted by Gasteiger charge is 2.13. The van der Waals surface area contributed by atoms with E-state index in [-0.39, 0.29) is 34.0 Å². The molecule has 156 valence electrons. The molecule has 0 atom stereocenters. The number of hydrogen-bond donors (Lipinski definition) is 2. The molecular formula is C22H28Br2N4S. The van der Waals surface area contributed by atoms with E-state index in [0.29, 0.717) is 11.1 Å². The van der Waals surface area contributed by atoms with Gasteiger partial charge in [0.1, 0.15) is 0 Å². The normalized spacial score (nSPS) is 11.0. The topological polar surface area (TPSA) is 67.1 Å². The Balaban J connectivity index is 0.00000210. The number of nitrogens with two attached hydrogens (primary N) is 1. The minimum Gasteiger partial charge on any atom is -0.379 e. The van der Waals surface area contributed by atoms with Crippen molar-refractivity contribution in [2.24, 2.45) is 10.7 Å². The molecule has 0 bridgehead atoms. The van der Waals surface area contributed by atoms with Gasteiger partial charge in [-0.25, -0.2) is 4.98 Å². The number of amidine groups is 1.